The van der Waals surface area contributed by atoms with Gasteiger partial charge < -0.3 is 5.32 Å². The van der Waals surface area contributed by atoms with Crippen LogP contribution in [0.4, 0.5) is 0 Å². The number of hydrogen-bond acceptors (Lipinski definition) is 2. The third-order valence-electron chi connectivity index (χ3n) is 3.09. The van der Waals surface area contributed by atoms with Gasteiger partial charge in [-0.1, -0.05) is 6.92 Å². The summed E-state index contributed by atoms with van der Waals surface area (Å²) in [5.74, 6) is 0.869. The third-order valence-corrected chi connectivity index (χ3v) is 3.09. The minimum atomic E-state index is 0. The van der Waals surface area contributed by atoms with Crippen LogP contribution in [0.15, 0.2) is 0 Å². The van der Waals surface area contributed by atoms with Crippen LogP contribution in [0, 0.1) is 5.92 Å². The summed E-state index contributed by atoms with van der Waals surface area (Å²) < 4.78 is 0. The quantitative estimate of drug-likeness (QED) is 0.667. The number of halogens is 1. The lowest BCUT2D eigenvalue weighted by Gasteiger charge is -2.25. The third kappa shape index (κ3) is 1.93. The first-order valence-corrected chi connectivity index (χ1v) is 4.82. The maximum absolute atomic E-state index is 3.46. The maximum Gasteiger partial charge on any atom is 0.0258 e. The van der Waals surface area contributed by atoms with Gasteiger partial charge in [-0.2, -0.15) is 0 Å². The fourth-order valence-corrected chi connectivity index (χ4v) is 2.36. The van der Waals surface area contributed by atoms with Crippen molar-refractivity contribution < 1.29 is 0 Å². The Bertz CT molecular complexity index is 134. The number of nitrogens with one attached hydrogen (secondary N) is 1. The lowest BCUT2D eigenvalue weighted by atomic mass is 10.1. The molecule has 0 aromatic heterocycles. The average molecular weight is 191 g/mol. The summed E-state index contributed by atoms with van der Waals surface area (Å²) in [6, 6.07) is 0.845. The molecule has 2 unspecified atom stereocenters. The van der Waals surface area contributed by atoms with Gasteiger partial charge in [0.15, 0.2) is 0 Å². The maximum atomic E-state index is 3.46. The second kappa shape index (κ2) is 4.45. The molecule has 2 aliphatic rings. The van der Waals surface area contributed by atoms with Crippen molar-refractivity contribution in [2.75, 3.05) is 26.2 Å². The number of nitrogens with zero attached hydrogens (tertiary/aromatic N) is 1. The van der Waals surface area contributed by atoms with Crippen molar-refractivity contribution >= 4 is 12.4 Å². The molecule has 2 saturated heterocycles. The van der Waals surface area contributed by atoms with Gasteiger partial charge in [0.1, 0.15) is 0 Å². The van der Waals surface area contributed by atoms with Gasteiger partial charge in [0.2, 0.25) is 0 Å². The molecule has 72 valence electrons. The molecule has 0 spiro atoms. The molecule has 2 fully saturated rings. The van der Waals surface area contributed by atoms with E-state index in [1.54, 1.807) is 0 Å². The number of likely N-dealkylation sites (tertiary alicyclic amines) is 1. The first-order chi connectivity index (χ1) is 5.38. The molecular formula is C9H19ClN2. The molecule has 2 heterocycles. The van der Waals surface area contributed by atoms with Crippen molar-refractivity contribution in [3.63, 3.8) is 0 Å². The van der Waals surface area contributed by atoms with E-state index >= 15 is 0 Å². The van der Waals surface area contributed by atoms with Gasteiger partial charge in [0.25, 0.3) is 0 Å². The molecule has 0 aliphatic carbocycles. The highest BCUT2D eigenvalue weighted by Crippen LogP contribution is 2.19. The van der Waals surface area contributed by atoms with Crippen LogP contribution < -0.4 is 5.32 Å². The fourth-order valence-electron chi connectivity index (χ4n) is 2.36. The standard InChI is InChI=1S/C9H18N2.ClH/c1-8-6-10-7-9(8)11-4-2-3-5-11;/h8-10H,2-7H2,1H3;1H. The molecule has 2 rings (SSSR count). The fraction of sp³-hybridized carbons (Fsp3) is 1.00. The predicted molar refractivity (Wildman–Crippen MR) is 53.9 cm³/mol. The summed E-state index contributed by atoms with van der Waals surface area (Å²) in [7, 11) is 0. The van der Waals surface area contributed by atoms with Crippen LogP contribution in [0.5, 0.6) is 0 Å². The van der Waals surface area contributed by atoms with Gasteiger partial charge in [-0.15, -0.1) is 12.4 Å². The molecule has 1 N–H and O–H groups in total. The number of hydrogen-bond donors (Lipinski definition) is 1. The van der Waals surface area contributed by atoms with Crippen LogP contribution in [0.3, 0.4) is 0 Å². The molecule has 3 heteroatoms. The predicted octanol–water partition coefficient (Wildman–Crippen LogP) is 1.11. The van der Waals surface area contributed by atoms with Crippen LogP contribution in [0.1, 0.15) is 19.8 Å². The molecule has 0 aromatic carbocycles. The zero-order chi connectivity index (χ0) is 7.68. The topological polar surface area (TPSA) is 15.3 Å². The first kappa shape index (κ1) is 10.3. The zero-order valence-corrected chi connectivity index (χ0v) is 8.57. The summed E-state index contributed by atoms with van der Waals surface area (Å²) in [5, 5.41) is 3.46. The van der Waals surface area contributed by atoms with E-state index in [1.165, 1.54) is 39.0 Å². The van der Waals surface area contributed by atoms with E-state index in [2.05, 4.69) is 17.1 Å². The Labute approximate surface area is 81.1 Å². The van der Waals surface area contributed by atoms with E-state index in [9.17, 15) is 0 Å². The molecule has 2 aliphatic heterocycles. The van der Waals surface area contributed by atoms with E-state index in [-0.39, 0.29) is 12.4 Å². The summed E-state index contributed by atoms with van der Waals surface area (Å²) >= 11 is 0. The van der Waals surface area contributed by atoms with Crippen molar-refractivity contribution in [3.8, 4) is 0 Å². The lowest BCUT2D eigenvalue weighted by molar-refractivity contribution is 0.220. The molecule has 0 saturated carbocycles. The van der Waals surface area contributed by atoms with Gasteiger partial charge in [0, 0.05) is 12.6 Å². The smallest absolute Gasteiger partial charge is 0.0258 e. The Morgan fingerprint density at radius 3 is 2.33 bits per heavy atom. The Morgan fingerprint density at radius 1 is 1.17 bits per heavy atom. The van der Waals surface area contributed by atoms with Crippen LogP contribution in [0.25, 0.3) is 0 Å². The van der Waals surface area contributed by atoms with E-state index < -0.39 is 0 Å². The Morgan fingerprint density at radius 2 is 1.83 bits per heavy atom. The van der Waals surface area contributed by atoms with Crippen LogP contribution in [-0.4, -0.2) is 37.1 Å². The lowest BCUT2D eigenvalue weighted by Crippen LogP contribution is -2.37. The Balaban J connectivity index is 0.000000720. The zero-order valence-electron chi connectivity index (χ0n) is 7.75. The summed E-state index contributed by atoms with van der Waals surface area (Å²) in [5.41, 5.74) is 0. The monoisotopic (exact) mass is 190 g/mol. The summed E-state index contributed by atoms with van der Waals surface area (Å²) in [6.07, 6.45) is 2.84. The van der Waals surface area contributed by atoms with E-state index in [0.717, 1.165) is 12.0 Å². The second-order valence-corrected chi connectivity index (χ2v) is 3.95. The minimum Gasteiger partial charge on any atom is -0.315 e. The van der Waals surface area contributed by atoms with Crippen molar-refractivity contribution in [1.29, 1.82) is 0 Å². The molecule has 0 amide bonds. The SMILES string of the molecule is CC1CNCC1N1CCCC1.Cl. The molecule has 0 aromatic rings. The summed E-state index contributed by atoms with van der Waals surface area (Å²) in [4.78, 5) is 2.66. The van der Waals surface area contributed by atoms with Gasteiger partial charge in [0.05, 0.1) is 0 Å². The number of rotatable bonds is 1. The van der Waals surface area contributed by atoms with E-state index in [0.29, 0.717) is 0 Å². The highest BCUT2D eigenvalue weighted by atomic mass is 35.5. The molecule has 2 atom stereocenters. The van der Waals surface area contributed by atoms with Crippen molar-refractivity contribution in [2.24, 2.45) is 5.92 Å². The van der Waals surface area contributed by atoms with Crippen LogP contribution in [0.2, 0.25) is 0 Å². The van der Waals surface area contributed by atoms with Gasteiger partial charge in [-0.05, 0) is 38.4 Å². The van der Waals surface area contributed by atoms with Crippen molar-refractivity contribution in [1.82, 2.24) is 10.2 Å². The van der Waals surface area contributed by atoms with Crippen molar-refractivity contribution in [2.45, 2.75) is 25.8 Å². The Hall–Kier alpha value is 0.210. The molecule has 0 bridgehead atoms. The van der Waals surface area contributed by atoms with Gasteiger partial charge in [-0.3, -0.25) is 4.90 Å². The minimum absolute atomic E-state index is 0. The van der Waals surface area contributed by atoms with Crippen molar-refractivity contribution in [3.05, 3.63) is 0 Å². The Kier molecular flexibility index (Phi) is 3.81. The highest BCUT2D eigenvalue weighted by molar-refractivity contribution is 5.85. The van der Waals surface area contributed by atoms with E-state index in [4.69, 9.17) is 0 Å². The molecule has 12 heavy (non-hydrogen) atoms. The summed E-state index contributed by atoms with van der Waals surface area (Å²) in [6.45, 7) is 7.50. The van der Waals surface area contributed by atoms with Gasteiger partial charge >= 0.3 is 0 Å². The van der Waals surface area contributed by atoms with Crippen LogP contribution >= 0.6 is 12.4 Å². The molecular weight excluding hydrogens is 172 g/mol. The largest absolute Gasteiger partial charge is 0.315 e. The average Bonchev–Trinajstić information content (AvgIpc) is 2.55. The highest BCUT2D eigenvalue weighted by Gasteiger charge is 2.29. The molecule has 2 nitrogen and oxygen atoms in total. The first-order valence-electron chi connectivity index (χ1n) is 4.82. The van der Waals surface area contributed by atoms with Crippen LogP contribution in [-0.2, 0) is 0 Å². The van der Waals surface area contributed by atoms with Gasteiger partial charge in [-0.25, -0.2) is 0 Å². The normalized spacial score (nSPS) is 36.8. The van der Waals surface area contributed by atoms with E-state index in [1.807, 2.05) is 0 Å². The molecule has 0 radical (unpaired) electrons. The second-order valence-electron chi connectivity index (χ2n) is 3.95.